The van der Waals surface area contributed by atoms with Gasteiger partial charge in [-0.05, 0) is 20.3 Å². The van der Waals surface area contributed by atoms with Crippen molar-refractivity contribution in [3.05, 3.63) is 0 Å². The lowest BCUT2D eigenvalue weighted by atomic mass is 10.1. The molecule has 0 aliphatic rings. The lowest BCUT2D eigenvalue weighted by Crippen LogP contribution is -2.31. The maximum Gasteiger partial charge on any atom is 0.213 e. The third kappa shape index (κ3) is 5.89. The average Bonchev–Trinajstić information content (AvgIpc) is 2.11. The molecule has 5 heteroatoms. The number of hydrogen-bond donors (Lipinski definition) is 1. The summed E-state index contributed by atoms with van der Waals surface area (Å²) in [5.74, 6) is 0.213. The van der Waals surface area contributed by atoms with Gasteiger partial charge in [0, 0.05) is 18.9 Å². The molecule has 0 amide bonds. The van der Waals surface area contributed by atoms with Crippen molar-refractivity contribution in [3.8, 4) is 0 Å². The van der Waals surface area contributed by atoms with Crippen molar-refractivity contribution in [2.24, 2.45) is 5.92 Å². The van der Waals surface area contributed by atoms with Crippen LogP contribution in [0.4, 0.5) is 0 Å². The van der Waals surface area contributed by atoms with Crippen molar-refractivity contribution < 1.29 is 13.2 Å². The first-order chi connectivity index (χ1) is 6.77. The van der Waals surface area contributed by atoms with E-state index >= 15 is 0 Å². The van der Waals surface area contributed by atoms with Gasteiger partial charge in [0.2, 0.25) is 10.0 Å². The summed E-state index contributed by atoms with van der Waals surface area (Å²) in [6.07, 6.45) is 1.02. The van der Waals surface area contributed by atoms with Gasteiger partial charge >= 0.3 is 0 Å². The van der Waals surface area contributed by atoms with E-state index in [1.54, 1.807) is 13.8 Å². The summed E-state index contributed by atoms with van der Waals surface area (Å²) >= 11 is 0. The highest BCUT2D eigenvalue weighted by atomic mass is 32.2. The maximum absolute atomic E-state index is 11.3. The van der Waals surface area contributed by atoms with Crippen molar-refractivity contribution in [2.45, 2.75) is 45.8 Å². The standard InChI is InChI=1S/C10H21NO3S/c1-8(2)10(12)6-5-7-11-15(13,14)9(3)4/h8-9,11H,5-7H2,1-4H3. The number of hydrogen-bond acceptors (Lipinski definition) is 3. The average molecular weight is 235 g/mol. The van der Waals surface area contributed by atoms with Crippen LogP contribution in [0, 0.1) is 5.92 Å². The molecular formula is C10H21NO3S. The number of carbonyl (C=O) groups excluding carboxylic acids is 1. The fraction of sp³-hybridized carbons (Fsp3) is 0.900. The Kier molecular flexibility index (Phi) is 6.05. The van der Waals surface area contributed by atoms with E-state index < -0.39 is 15.3 Å². The Morgan fingerprint density at radius 3 is 2.13 bits per heavy atom. The molecule has 4 nitrogen and oxygen atoms in total. The summed E-state index contributed by atoms with van der Waals surface area (Å²) in [4.78, 5) is 11.2. The second-order valence-electron chi connectivity index (χ2n) is 4.21. The van der Waals surface area contributed by atoms with Gasteiger partial charge in [-0.3, -0.25) is 4.79 Å². The minimum Gasteiger partial charge on any atom is -0.299 e. The zero-order chi connectivity index (χ0) is 12.1. The Morgan fingerprint density at radius 2 is 1.73 bits per heavy atom. The Morgan fingerprint density at radius 1 is 1.20 bits per heavy atom. The van der Waals surface area contributed by atoms with Crippen molar-refractivity contribution in [1.29, 1.82) is 0 Å². The molecule has 15 heavy (non-hydrogen) atoms. The first kappa shape index (κ1) is 14.6. The van der Waals surface area contributed by atoms with Gasteiger partial charge in [0.1, 0.15) is 5.78 Å². The van der Waals surface area contributed by atoms with Gasteiger partial charge in [0.05, 0.1) is 5.25 Å². The molecule has 90 valence electrons. The fourth-order valence-electron chi connectivity index (χ4n) is 0.932. The van der Waals surface area contributed by atoms with Crippen LogP contribution in [-0.2, 0) is 14.8 Å². The Labute approximate surface area is 92.5 Å². The van der Waals surface area contributed by atoms with Crippen LogP contribution in [0.15, 0.2) is 0 Å². The molecule has 0 aliphatic heterocycles. The maximum atomic E-state index is 11.3. The molecule has 0 saturated carbocycles. The van der Waals surface area contributed by atoms with Crippen molar-refractivity contribution in [2.75, 3.05) is 6.54 Å². The van der Waals surface area contributed by atoms with Gasteiger partial charge in [-0.1, -0.05) is 13.8 Å². The van der Waals surface area contributed by atoms with Crippen molar-refractivity contribution in [1.82, 2.24) is 4.72 Å². The molecule has 0 spiro atoms. The van der Waals surface area contributed by atoms with E-state index in [-0.39, 0.29) is 11.7 Å². The van der Waals surface area contributed by atoms with Crippen LogP contribution in [-0.4, -0.2) is 26.0 Å². The molecular weight excluding hydrogens is 214 g/mol. The Hall–Kier alpha value is -0.420. The third-order valence-electron chi connectivity index (χ3n) is 2.17. The molecule has 0 aliphatic carbocycles. The lowest BCUT2D eigenvalue weighted by molar-refractivity contribution is -0.121. The molecule has 0 heterocycles. The normalized spacial score (nSPS) is 12.4. The summed E-state index contributed by atoms with van der Waals surface area (Å²) in [5, 5.41) is -0.418. The topological polar surface area (TPSA) is 63.2 Å². The number of carbonyl (C=O) groups is 1. The summed E-state index contributed by atoms with van der Waals surface area (Å²) in [6, 6.07) is 0. The Bertz CT molecular complexity index is 294. The molecule has 0 aromatic rings. The summed E-state index contributed by atoms with van der Waals surface area (Å²) in [5.41, 5.74) is 0. The molecule has 0 fully saturated rings. The highest BCUT2D eigenvalue weighted by molar-refractivity contribution is 7.90. The minimum atomic E-state index is -3.18. The van der Waals surface area contributed by atoms with Gasteiger partial charge in [0.25, 0.3) is 0 Å². The first-order valence-electron chi connectivity index (χ1n) is 5.28. The van der Waals surface area contributed by atoms with E-state index in [1.165, 1.54) is 0 Å². The highest BCUT2D eigenvalue weighted by Crippen LogP contribution is 2.02. The summed E-state index contributed by atoms with van der Waals surface area (Å²) in [6.45, 7) is 7.30. The number of nitrogens with one attached hydrogen (secondary N) is 1. The number of ketones is 1. The fourth-order valence-corrected chi connectivity index (χ4v) is 1.69. The zero-order valence-electron chi connectivity index (χ0n) is 9.91. The van der Waals surface area contributed by atoms with E-state index in [0.29, 0.717) is 19.4 Å². The smallest absolute Gasteiger partial charge is 0.213 e. The third-order valence-corrected chi connectivity index (χ3v) is 4.02. The largest absolute Gasteiger partial charge is 0.299 e. The summed E-state index contributed by atoms with van der Waals surface area (Å²) < 4.78 is 25.1. The molecule has 0 atom stereocenters. The molecule has 1 N–H and O–H groups in total. The van der Waals surface area contributed by atoms with E-state index in [2.05, 4.69) is 4.72 Å². The molecule has 0 aromatic carbocycles. The van der Waals surface area contributed by atoms with Gasteiger partial charge in [0.15, 0.2) is 0 Å². The second kappa shape index (κ2) is 6.23. The van der Waals surface area contributed by atoms with Crippen LogP contribution < -0.4 is 4.72 Å². The zero-order valence-corrected chi connectivity index (χ0v) is 10.7. The van der Waals surface area contributed by atoms with Crippen LogP contribution in [0.25, 0.3) is 0 Å². The predicted molar refractivity (Wildman–Crippen MR) is 61.1 cm³/mol. The van der Waals surface area contributed by atoms with Crippen LogP contribution in [0.2, 0.25) is 0 Å². The molecule has 0 rings (SSSR count). The van der Waals surface area contributed by atoms with E-state index in [0.717, 1.165) is 0 Å². The molecule has 0 radical (unpaired) electrons. The molecule has 0 saturated heterocycles. The SMILES string of the molecule is CC(C)C(=O)CCCNS(=O)(=O)C(C)C. The lowest BCUT2D eigenvalue weighted by Gasteiger charge is -2.09. The molecule has 0 bridgehead atoms. The van der Waals surface area contributed by atoms with Crippen LogP contribution in [0.1, 0.15) is 40.5 Å². The number of sulfonamides is 1. The van der Waals surface area contributed by atoms with Crippen LogP contribution in [0.5, 0.6) is 0 Å². The van der Waals surface area contributed by atoms with Crippen LogP contribution >= 0.6 is 0 Å². The minimum absolute atomic E-state index is 0.0340. The quantitative estimate of drug-likeness (QED) is 0.677. The van der Waals surface area contributed by atoms with Crippen molar-refractivity contribution in [3.63, 3.8) is 0 Å². The summed E-state index contributed by atoms with van der Waals surface area (Å²) in [7, 11) is -3.18. The van der Waals surface area contributed by atoms with E-state index in [1.807, 2.05) is 13.8 Å². The van der Waals surface area contributed by atoms with Gasteiger partial charge < -0.3 is 0 Å². The predicted octanol–water partition coefficient (Wildman–Crippen LogP) is 1.32. The first-order valence-corrected chi connectivity index (χ1v) is 6.83. The molecule has 0 aromatic heterocycles. The monoisotopic (exact) mass is 235 g/mol. The number of Topliss-reactive ketones (excluding diaryl/α,β-unsaturated/α-hetero) is 1. The number of rotatable bonds is 7. The Balaban J connectivity index is 3.78. The van der Waals surface area contributed by atoms with Crippen LogP contribution in [0.3, 0.4) is 0 Å². The highest BCUT2D eigenvalue weighted by Gasteiger charge is 2.14. The van der Waals surface area contributed by atoms with E-state index in [4.69, 9.17) is 0 Å². The van der Waals surface area contributed by atoms with Crippen molar-refractivity contribution >= 4 is 15.8 Å². The van der Waals surface area contributed by atoms with Gasteiger partial charge in [-0.25, -0.2) is 13.1 Å². The molecule has 0 unspecified atom stereocenters. The van der Waals surface area contributed by atoms with Gasteiger partial charge in [-0.2, -0.15) is 0 Å². The van der Waals surface area contributed by atoms with Gasteiger partial charge in [-0.15, -0.1) is 0 Å². The second-order valence-corrected chi connectivity index (χ2v) is 6.53. The van der Waals surface area contributed by atoms with E-state index in [9.17, 15) is 13.2 Å².